The SMILES string of the molecule is Cc1ccc(-c2csc(/C=C/c3sccc3C)n2)cc1. The fourth-order valence-corrected chi connectivity index (χ4v) is 3.46. The molecule has 20 heavy (non-hydrogen) atoms. The quantitative estimate of drug-likeness (QED) is 0.608. The van der Waals surface area contributed by atoms with Crippen LogP contribution >= 0.6 is 22.7 Å². The Hall–Kier alpha value is -1.71. The molecule has 0 amide bonds. The second-order valence-corrected chi connectivity index (χ2v) is 6.58. The summed E-state index contributed by atoms with van der Waals surface area (Å²) in [6.07, 6.45) is 4.25. The van der Waals surface area contributed by atoms with E-state index in [2.05, 4.69) is 72.1 Å². The van der Waals surface area contributed by atoms with Crippen molar-refractivity contribution < 1.29 is 0 Å². The van der Waals surface area contributed by atoms with Crippen LogP contribution in [0.2, 0.25) is 0 Å². The third-order valence-electron chi connectivity index (χ3n) is 3.15. The van der Waals surface area contributed by atoms with Gasteiger partial charge in [0.2, 0.25) is 0 Å². The van der Waals surface area contributed by atoms with Gasteiger partial charge < -0.3 is 0 Å². The zero-order chi connectivity index (χ0) is 13.9. The molecule has 0 radical (unpaired) electrons. The molecule has 1 nitrogen and oxygen atoms in total. The number of hydrogen-bond donors (Lipinski definition) is 0. The Labute approximate surface area is 127 Å². The van der Waals surface area contributed by atoms with E-state index in [4.69, 9.17) is 0 Å². The maximum atomic E-state index is 4.68. The van der Waals surface area contributed by atoms with Gasteiger partial charge in [-0.2, -0.15) is 0 Å². The van der Waals surface area contributed by atoms with Gasteiger partial charge in [0.05, 0.1) is 5.69 Å². The van der Waals surface area contributed by atoms with Gasteiger partial charge in [0.25, 0.3) is 0 Å². The molecule has 3 heteroatoms. The molecule has 0 aliphatic heterocycles. The fourth-order valence-electron chi connectivity index (χ4n) is 1.92. The molecule has 0 aliphatic carbocycles. The van der Waals surface area contributed by atoms with Crippen LogP contribution in [-0.4, -0.2) is 4.98 Å². The van der Waals surface area contributed by atoms with Crippen LogP contribution in [0.15, 0.2) is 41.1 Å². The molecule has 0 spiro atoms. The van der Waals surface area contributed by atoms with Gasteiger partial charge in [-0.1, -0.05) is 29.8 Å². The predicted molar refractivity (Wildman–Crippen MR) is 90.3 cm³/mol. The smallest absolute Gasteiger partial charge is 0.116 e. The summed E-state index contributed by atoms with van der Waals surface area (Å²) in [6.45, 7) is 4.23. The Morgan fingerprint density at radius 1 is 0.950 bits per heavy atom. The minimum Gasteiger partial charge on any atom is -0.237 e. The van der Waals surface area contributed by atoms with Gasteiger partial charge in [-0.05, 0) is 43.0 Å². The highest BCUT2D eigenvalue weighted by Crippen LogP contribution is 2.24. The number of nitrogens with zero attached hydrogens (tertiary/aromatic N) is 1. The van der Waals surface area contributed by atoms with Crippen LogP contribution in [0.5, 0.6) is 0 Å². The van der Waals surface area contributed by atoms with Crippen molar-refractivity contribution in [1.82, 2.24) is 4.98 Å². The average molecular weight is 297 g/mol. The Kier molecular flexibility index (Phi) is 3.81. The second kappa shape index (κ2) is 5.73. The zero-order valence-electron chi connectivity index (χ0n) is 11.5. The van der Waals surface area contributed by atoms with Crippen LogP contribution in [0.1, 0.15) is 21.0 Å². The van der Waals surface area contributed by atoms with E-state index >= 15 is 0 Å². The summed E-state index contributed by atoms with van der Waals surface area (Å²) in [5.41, 5.74) is 4.83. The first kappa shape index (κ1) is 13.3. The second-order valence-electron chi connectivity index (χ2n) is 4.74. The Morgan fingerprint density at radius 2 is 1.75 bits per heavy atom. The lowest BCUT2D eigenvalue weighted by Crippen LogP contribution is -1.78. The molecule has 0 bridgehead atoms. The van der Waals surface area contributed by atoms with E-state index in [1.807, 2.05) is 0 Å². The summed E-state index contributed by atoms with van der Waals surface area (Å²) >= 11 is 3.45. The van der Waals surface area contributed by atoms with Gasteiger partial charge in [0.15, 0.2) is 0 Å². The molecular weight excluding hydrogens is 282 g/mol. The first-order valence-electron chi connectivity index (χ1n) is 6.47. The van der Waals surface area contributed by atoms with Crippen LogP contribution in [-0.2, 0) is 0 Å². The lowest BCUT2D eigenvalue weighted by atomic mass is 10.1. The normalized spacial score (nSPS) is 11.3. The fraction of sp³-hybridized carbons (Fsp3) is 0.118. The molecule has 2 heterocycles. The van der Waals surface area contributed by atoms with Gasteiger partial charge >= 0.3 is 0 Å². The highest BCUT2D eigenvalue weighted by atomic mass is 32.1. The van der Waals surface area contributed by atoms with Crippen molar-refractivity contribution in [3.05, 3.63) is 62.1 Å². The lowest BCUT2D eigenvalue weighted by molar-refractivity contribution is 1.37. The molecule has 0 aliphatic rings. The maximum absolute atomic E-state index is 4.68. The van der Waals surface area contributed by atoms with Gasteiger partial charge in [-0.25, -0.2) is 4.98 Å². The first-order chi connectivity index (χ1) is 9.72. The number of aromatic nitrogens is 1. The lowest BCUT2D eigenvalue weighted by Gasteiger charge is -1.96. The molecule has 100 valence electrons. The molecule has 2 aromatic heterocycles. The maximum Gasteiger partial charge on any atom is 0.116 e. The standard InChI is InChI=1S/C17H15NS2/c1-12-3-5-14(6-4-12)15-11-20-17(18-15)8-7-16-13(2)9-10-19-16/h3-11H,1-2H3/b8-7+. The van der Waals surface area contributed by atoms with Gasteiger partial charge in [0.1, 0.15) is 5.01 Å². The number of rotatable bonds is 3. The third kappa shape index (κ3) is 2.89. The Balaban J connectivity index is 1.82. The summed E-state index contributed by atoms with van der Waals surface area (Å²) in [5.74, 6) is 0. The first-order valence-corrected chi connectivity index (χ1v) is 8.23. The third-order valence-corrected chi connectivity index (χ3v) is 4.94. The van der Waals surface area contributed by atoms with Crippen molar-refractivity contribution in [2.24, 2.45) is 0 Å². The highest BCUT2D eigenvalue weighted by Gasteiger charge is 2.02. The van der Waals surface area contributed by atoms with E-state index in [9.17, 15) is 0 Å². The molecular formula is C17H15NS2. The van der Waals surface area contributed by atoms with E-state index in [1.54, 1.807) is 22.7 Å². The Bertz CT molecular complexity index is 732. The Morgan fingerprint density at radius 3 is 2.45 bits per heavy atom. The summed E-state index contributed by atoms with van der Waals surface area (Å²) in [4.78, 5) is 5.98. The molecule has 3 aromatic rings. The number of hydrogen-bond acceptors (Lipinski definition) is 3. The topological polar surface area (TPSA) is 12.9 Å². The highest BCUT2D eigenvalue weighted by molar-refractivity contribution is 7.11. The van der Waals surface area contributed by atoms with Crippen LogP contribution in [0.4, 0.5) is 0 Å². The van der Waals surface area contributed by atoms with Crippen molar-refractivity contribution in [3.63, 3.8) is 0 Å². The van der Waals surface area contributed by atoms with E-state index < -0.39 is 0 Å². The summed E-state index contributed by atoms with van der Waals surface area (Å²) in [5, 5.41) is 5.29. The molecule has 0 fully saturated rings. The van der Waals surface area contributed by atoms with Crippen molar-refractivity contribution >= 4 is 34.8 Å². The minimum absolute atomic E-state index is 1.05. The van der Waals surface area contributed by atoms with Crippen molar-refractivity contribution in [2.75, 3.05) is 0 Å². The summed E-state index contributed by atoms with van der Waals surface area (Å²) in [7, 11) is 0. The van der Waals surface area contributed by atoms with Crippen molar-refractivity contribution in [1.29, 1.82) is 0 Å². The zero-order valence-corrected chi connectivity index (χ0v) is 13.1. The number of benzene rings is 1. The van der Waals surface area contributed by atoms with Crippen LogP contribution in [0.25, 0.3) is 23.4 Å². The van der Waals surface area contributed by atoms with E-state index in [1.165, 1.54) is 21.6 Å². The van der Waals surface area contributed by atoms with Gasteiger partial charge in [0, 0.05) is 15.8 Å². The summed E-state index contributed by atoms with van der Waals surface area (Å²) < 4.78 is 0. The van der Waals surface area contributed by atoms with Crippen LogP contribution in [0.3, 0.4) is 0 Å². The number of thiophene rings is 1. The monoisotopic (exact) mass is 297 g/mol. The molecule has 0 N–H and O–H groups in total. The van der Waals surface area contributed by atoms with Crippen LogP contribution in [0, 0.1) is 13.8 Å². The van der Waals surface area contributed by atoms with Gasteiger partial charge in [-0.3, -0.25) is 0 Å². The van der Waals surface area contributed by atoms with Crippen LogP contribution < -0.4 is 0 Å². The molecule has 0 saturated carbocycles. The van der Waals surface area contributed by atoms with Gasteiger partial charge in [-0.15, -0.1) is 22.7 Å². The number of aryl methyl sites for hydroxylation is 2. The molecule has 3 rings (SSSR count). The predicted octanol–water partition coefficient (Wildman–Crippen LogP) is 5.66. The van der Waals surface area contributed by atoms with E-state index in [0.717, 1.165) is 10.7 Å². The molecule has 0 saturated heterocycles. The summed E-state index contributed by atoms with van der Waals surface area (Å²) in [6, 6.07) is 10.6. The average Bonchev–Trinajstić information content (AvgIpc) is 3.06. The van der Waals surface area contributed by atoms with Crippen molar-refractivity contribution in [2.45, 2.75) is 13.8 Å². The number of thiazole rings is 1. The van der Waals surface area contributed by atoms with E-state index in [0.29, 0.717) is 0 Å². The largest absolute Gasteiger partial charge is 0.237 e. The minimum atomic E-state index is 1.05. The molecule has 0 atom stereocenters. The van der Waals surface area contributed by atoms with E-state index in [-0.39, 0.29) is 0 Å². The molecule has 1 aromatic carbocycles. The molecule has 0 unspecified atom stereocenters. The van der Waals surface area contributed by atoms with Crippen molar-refractivity contribution in [3.8, 4) is 11.3 Å².